The van der Waals surface area contributed by atoms with Crippen LogP contribution in [-0.2, 0) is 18.3 Å². The van der Waals surface area contributed by atoms with Gasteiger partial charge in [0.05, 0.1) is 10.7 Å². The van der Waals surface area contributed by atoms with Crippen LogP contribution in [0.15, 0.2) is 10.1 Å². The highest BCUT2D eigenvalue weighted by molar-refractivity contribution is 7.98. The number of thioether (sulfide) groups is 1. The number of hydrogen-bond acceptors (Lipinski definition) is 4. The summed E-state index contributed by atoms with van der Waals surface area (Å²) in [5.41, 5.74) is 3.02. The SMILES string of the molecule is CSc1c2c3c(n1C)C(=O)C(=O)C(Cl)=C3NCC2. The second-order valence-electron chi connectivity index (χ2n) is 4.29. The number of rotatable bonds is 1. The average Bonchev–Trinajstić information content (AvgIpc) is 2.66. The topological polar surface area (TPSA) is 51.1 Å². The fourth-order valence-corrected chi connectivity index (χ4v) is 3.72. The molecule has 4 nitrogen and oxygen atoms in total. The maximum absolute atomic E-state index is 12.1. The van der Waals surface area contributed by atoms with Gasteiger partial charge in [0.25, 0.3) is 5.78 Å². The van der Waals surface area contributed by atoms with Crippen LogP contribution in [0.25, 0.3) is 5.70 Å². The highest BCUT2D eigenvalue weighted by atomic mass is 35.5. The first-order valence-corrected chi connectivity index (χ1v) is 7.16. The van der Waals surface area contributed by atoms with Crippen LogP contribution in [0.1, 0.15) is 21.6 Å². The Kier molecular flexibility index (Phi) is 2.57. The van der Waals surface area contributed by atoms with Crippen molar-refractivity contribution in [3.8, 4) is 0 Å². The molecule has 1 aromatic heterocycles. The first-order valence-electron chi connectivity index (χ1n) is 5.56. The highest BCUT2D eigenvalue weighted by Crippen LogP contribution is 2.40. The molecule has 0 atom stereocenters. The van der Waals surface area contributed by atoms with Crippen molar-refractivity contribution in [3.05, 3.63) is 21.9 Å². The van der Waals surface area contributed by atoms with E-state index in [2.05, 4.69) is 5.32 Å². The Labute approximate surface area is 113 Å². The highest BCUT2D eigenvalue weighted by Gasteiger charge is 2.39. The van der Waals surface area contributed by atoms with Gasteiger partial charge in [-0.15, -0.1) is 11.8 Å². The molecule has 0 saturated carbocycles. The van der Waals surface area contributed by atoms with E-state index in [0.29, 0.717) is 11.4 Å². The van der Waals surface area contributed by atoms with E-state index in [1.807, 2.05) is 17.9 Å². The molecule has 2 heterocycles. The summed E-state index contributed by atoms with van der Waals surface area (Å²) < 4.78 is 1.81. The summed E-state index contributed by atoms with van der Waals surface area (Å²) in [4.78, 5) is 23.9. The first-order chi connectivity index (χ1) is 8.57. The molecule has 1 aliphatic carbocycles. The summed E-state index contributed by atoms with van der Waals surface area (Å²) in [5, 5.41) is 4.19. The van der Waals surface area contributed by atoms with E-state index in [1.165, 1.54) is 0 Å². The Bertz CT molecular complexity index is 631. The largest absolute Gasteiger partial charge is 0.383 e. The summed E-state index contributed by atoms with van der Waals surface area (Å²) in [6.07, 6.45) is 2.81. The van der Waals surface area contributed by atoms with Gasteiger partial charge in [-0.2, -0.15) is 0 Å². The van der Waals surface area contributed by atoms with Crippen molar-refractivity contribution < 1.29 is 9.59 Å². The lowest BCUT2D eigenvalue weighted by Gasteiger charge is -2.23. The first kappa shape index (κ1) is 11.9. The van der Waals surface area contributed by atoms with Gasteiger partial charge in [-0.3, -0.25) is 9.59 Å². The van der Waals surface area contributed by atoms with Crippen LogP contribution in [0.5, 0.6) is 0 Å². The lowest BCUT2D eigenvalue weighted by atomic mass is 9.92. The Hall–Kier alpha value is -1.20. The summed E-state index contributed by atoms with van der Waals surface area (Å²) in [7, 11) is 1.82. The summed E-state index contributed by atoms with van der Waals surface area (Å²) in [6, 6.07) is 0. The lowest BCUT2D eigenvalue weighted by molar-refractivity contribution is -0.111. The van der Waals surface area contributed by atoms with Crippen molar-refractivity contribution in [1.29, 1.82) is 0 Å². The van der Waals surface area contributed by atoms with E-state index in [0.717, 1.165) is 29.1 Å². The standard InChI is InChI=1S/C12H11ClN2O2S/c1-15-9-6-5(12(15)18-2)3-4-14-8(6)7(13)10(16)11(9)17/h14H,3-4H2,1-2H3. The minimum Gasteiger partial charge on any atom is -0.383 e. The van der Waals surface area contributed by atoms with Crippen molar-refractivity contribution in [2.45, 2.75) is 11.4 Å². The molecule has 3 rings (SSSR count). The zero-order valence-corrected chi connectivity index (χ0v) is 11.5. The molecule has 94 valence electrons. The molecule has 18 heavy (non-hydrogen) atoms. The molecule has 0 saturated heterocycles. The minimum atomic E-state index is -0.617. The summed E-state index contributed by atoms with van der Waals surface area (Å²) in [5.74, 6) is -1.13. The van der Waals surface area contributed by atoms with E-state index in [1.54, 1.807) is 11.8 Å². The van der Waals surface area contributed by atoms with Crippen LogP contribution in [-0.4, -0.2) is 28.9 Å². The fourth-order valence-electron chi connectivity index (χ4n) is 2.66. The van der Waals surface area contributed by atoms with Gasteiger partial charge in [-0.25, -0.2) is 0 Å². The number of nitrogens with one attached hydrogen (secondary N) is 1. The molecular weight excluding hydrogens is 272 g/mol. The normalized spacial score (nSPS) is 17.9. The summed E-state index contributed by atoms with van der Waals surface area (Å²) >= 11 is 7.58. The number of aromatic nitrogens is 1. The third-order valence-electron chi connectivity index (χ3n) is 3.40. The molecule has 1 aromatic rings. The number of carbonyl (C=O) groups is 2. The van der Waals surface area contributed by atoms with Gasteiger partial charge >= 0.3 is 0 Å². The predicted molar refractivity (Wildman–Crippen MR) is 71.0 cm³/mol. The third-order valence-corrected chi connectivity index (χ3v) is 4.66. The fraction of sp³-hybridized carbons (Fsp3) is 0.333. The second-order valence-corrected chi connectivity index (χ2v) is 5.47. The molecule has 0 aromatic carbocycles. The van der Waals surface area contributed by atoms with Crippen molar-refractivity contribution >= 4 is 40.6 Å². The maximum Gasteiger partial charge on any atom is 0.251 e. The van der Waals surface area contributed by atoms with E-state index < -0.39 is 11.6 Å². The van der Waals surface area contributed by atoms with Crippen molar-refractivity contribution in [2.75, 3.05) is 12.8 Å². The zero-order valence-electron chi connectivity index (χ0n) is 9.96. The number of hydrogen-bond donors (Lipinski definition) is 1. The van der Waals surface area contributed by atoms with Crippen molar-refractivity contribution in [1.82, 2.24) is 9.88 Å². The number of halogens is 1. The molecule has 1 N–H and O–H groups in total. The number of nitrogens with zero attached hydrogens (tertiary/aromatic N) is 1. The number of Topliss-reactive ketones (excluding diaryl/α,β-unsaturated/α-hetero) is 2. The van der Waals surface area contributed by atoms with E-state index in [9.17, 15) is 9.59 Å². The smallest absolute Gasteiger partial charge is 0.251 e. The molecule has 0 fully saturated rings. The van der Waals surface area contributed by atoms with Gasteiger partial charge in [0.15, 0.2) is 0 Å². The number of ketones is 2. The maximum atomic E-state index is 12.1. The van der Waals surface area contributed by atoms with Crippen molar-refractivity contribution in [3.63, 3.8) is 0 Å². The predicted octanol–water partition coefficient (Wildman–Crippen LogP) is 1.57. The molecule has 0 bridgehead atoms. The molecule has 2 aliphatic rings. The van der Waals surface area contributed by atoms with E-state index in [4.69, 9.17) is 11.6 Å². The monoisotopic (exact) mass is 282 g/mol. The molecule has 0 spiro atoms. The van der Waals surface area contributed by atoms with Crippen LogP contribution in [0, 0.1) is 0 Å². The van der Waals surface area contributed by atoms with Gasteiger partial charge in [-0.1, -0.05) is 11.6 Å². The molecule has 0 unspecified atom stereocenters. The molecule has 1 aliphatic heterocycles. The Morgan fingerprint density at radius 1 is 1.33 bits per heavy atom. The zero-order chi connectivity index (χ0) is 13.0. The number of carbonyl (C=O) groups excluding carboxylic acids is 2. The average molecular weight is 283 g/mol. The minimum absolute atomic E-state index is 0.0201. The Morgan fingerprint density at radius 3 is 2.72 bits per heavy atom. The van der Waals surface area contributed by atoms with Crippen LogP contribution in [0.4, 0.5) is 0 Å². The van der Waals surface area contributed by atoms with Gasteiger partial charge in [0.1, 0.15) is 10.7 Å². The molecule has 6 heteroatoms. The van der Waals surface area contributed by atoms with Crippen LogP contribution in [0.3, 0.4) is 0 Å². The van der Waals surface area contributed by atoms with Crippen LogP contribution in [0.2, 0.25) is 0 Å². The van der Waals surface area contributed by atoms with Crippen LogP contribution < -0.4 is 5.32 Å². The van der Waals surface area contributed by atoms with Gasteiger partial charge < -0.3 is 9.88 Å². The Morgan fingerprint density at radius 2 is 2.06 bits per heavy atom. The molecular formula is C12H11ClN2O2S. The Balaban J connectivity index is 2.43. The van der Waals surface area contributed by atoms with Gasteiger partial charge in [-0.05, 0) is 18.2 Å². The quantitative estimate of drug-likeness (QED) is 0.627. The van der Waals surface area contributed by atoms with E-state index in [-0.39, 0.29) is 5.03 Å². The lowest BCUT2D eigenvalue weighted by Crippen LogP contribution is -2.31. The van der Waals surface area contributed by atoms with Crippen LogP contribution >= 0.6 is 23.4 Å². The molecule has 0 radical (unpaired) electrons. The third kappa shape index (κ3) is 1.29. The van der Waals surface area contributed by atoms with E-state index >= 15 is 0 Å². The molecule has 0 amide bonds. The summed E-state index contributed by atoms with van der Waals surface area (Å²) in [6.45, 7) is 0.733. The number of allylic oxidation sites excluding steroid dienone is 1. The van der Waals surface area contributed by atoms with Crippen molar-refractivity contribution in [2.24, 2.45) is 7.05 Å². The second kappa shape index (κ2) is 3.90. The van der Waals surface area contributed by atoms with Gasteiger partial charge in [0.2, 0.25) is 5.78 Å². The van der Waals surface area contributed by atoms with Gasteiger partial charge in [0, 0.05) is 19.2 Å².